The first kappa shape index (κ1) is 22.9. The quantitative estimate of drug-likeness (QED) is 0.511. The Morgan fingerprint density at radius 2 is 1.94 bits per heavy atom. The predicted octanol–water partition coefficient (Wildman–Crippen LogP) is 2.59. The molecule has 35 heavy (non-hydrogen) atoms. The van der Waals surface area contributed by atoms with Crippen molar-refractivity contribution in [2.24, 2.45) is 4.99 Å². The normalized spacial score (nSPS) is 16.7. The summed E-state index contributed by atoms with van der Waals surface area (Å²) in [5.74, 6) is 0.703. The number of allylic oxidation sites excluding steroid dienone is 1. The lowest BCUT2D eigenvalue weighted by Crippen LogP contribution is -2.39. The van der Waals surface area contributed by atoms with E-state index in [9.17, 15) is 9.59 Å². The standard InChI is InChI=1S/C26H25N3O5S/c1-5-32-25(31)22-15(2)27-26-29(23(22)17-8-11-19-20(13-17)34-14-33-19)24(30)21(35-26)12-16-6-9-18(10-7-16)28(3)4/h6-13,23H,5,14H2,1-4H3. The lowest BCUT2D eigenvalue weighted by Gasteiger charge is -2.24. The molecule has 0 amide bonds. The maximum Gasteiger partial charge on any atom is 0.338 e. The van der Waals surface area contributed by atoms with Crippen molar-refractivity contribution in [3.05, 3.63) is 84.5 Å². The first-order valence-corrected chi connectivity index (χ1v) is 12.1. The van der Waals surface area contributed by atoms with Crippen LogP contribution >= 0.6 is 11.3 Å². The molecule has 180 valence electrons. The van der Waals surface area contributed by atoms with Crippen LogP contribution in [0.1, 0.15) is 31.0 Å². The van der Waals surface area contributed by atoms with E-state index in [1.54, 1.807) is 24.5 Å². The molecule has 1 unspecified atom stereocenters. The van der Waals surface area contributed by atoms with Crippen molar-refractivity contribution in [3.8, 4) is 11.5 Å². The SMILES string of the molecule is CCOC(=O)C1=C(C)N=c2sc(=Cc3ccc(N(C)C)cc3)c(=O)n2C1c1ccc2c(c1)OCO2. The highest BCUT2D eigenvalue weighted by Gasteiger charge is 2.34. The number of rotatable bonds is 5. The highest BCUT2D eigenvalue weighted by atomic mass is 32.1. The smallest absolute Gasteiger partial charge is 0.338 e. The van der Waals surface area contributed by atoms with Gasteiger partial charge in [0.25, 0.3) is 5.56 Å². The highest BCUT2D eigenvalue weighted by Crippen LogP contribution is 2.38. The monoisotopic (exact) mass is 491 g/mol. The van der Waals surface area contributed by atoms with Crippen LogP contribution in [0, 0.1) is 0 Å². The summed E-state index contributed by atoms with van der Waals surface area (Å²) in [6.07, 6.45) is 1.85. The lowest BCUT2D eigenvalue weighted by molar-refractivity contribution is -0.139. The number of fused-ring (bicyclic) bond motifs is 2. The first-order valence-electron chi connectivity index (χ1n) is 11.2. The van der Waals surface area contributed by atoms with Crippen LogP contribution in [0.2, 0.25) is 0 Å². The molecular formula is C26H25N3O5S. The average molecular weight is 492 g/mol. The van der Waals surface area contributed by atoms with Gasteiger partial charge < -0.3 is 19.1 Å². The van der Waals surface area contributed by atoms with Gasteiger partial charge in [0, 0.05) is 19.8 Å². The van der Waals surface area contributed by atoms with Gasteiger partial charge in [0.2, 0.25) is 6.79 Å². The van der Waals surface area contributed by atoms with Crippen molar-refractivity contribution in [1.29, 1.82) is 0 Å². The van der Waals surface area contributed by atoms with Crippen molar-refractivity contribution in [2.75, 3.05) is 32.4 Å². The molecule has 1 atom stereocenters. The van der Waals surface area contributed by atoms with E-state index in [0.29, 0.717) is 32.1 Å². The Morgan fingerprint density at radius 1 is 1.20 bits per heavy atom. The fraction of sp³-hybridized carbons (Fsp3) is 0.269. The molecular weight excluding hydrogens is 466 g/mol. The zero-order chi connectivity index (χ0) is 24.7. The number of nitrogens with zero attached hydrogens (tertiary/aromatic N) is 3. The molecule has 3 heterocycles. The number of ether oxygens (including phenoxy) is 3. The number of aromatic nitrogens is 1. The summed E-state index contributed by atoms with van der Waals surface area (Å²) in [5, 5.41) is 0. The number of hydrogen-bond acceptors (Lipinski definition) is 8. The van der Waals surface area contributed by atoms with Crippen LogP contribution in [0.5, 0.6) is 11.5 Å². The molecule has 0 fully saturated rings. The Morgan fingerprint density at radius 3 is 2.66 bits per heavy atom. The molecule has 0 saturated heterocycles. The summed E-state index contributed by atoms with van der Waals surface area (Å²) in [4.78, 5) is 33.9. The van der Waals surface area contributed by atoms with Gasteiger partial charge in [-0.2, -0.15) is 0 Å². The number of esters is 1. The van der Waals surface area contributed by atoms with E-state index in [2.05, 4.69) is 4.99 Å². The van der Waals surface area contributed by atoms with E-state index < -0.39 is 12.0 Å². The van der Waals surface area contributed by atoms with Crippen LogP contribution in [-0.2, 0) is 9.53 Å². The van der Waals surface area contributed by atoms with Crippen LogP contribution in [0.25, 0.3) is 6.08 Å². The van der Waals surface area contributed by atoms with Crippen molar-refractivity contribution >= 4 is 29.1 Å². The van der Waals surface area contributed by atoms with Crippen molar-refractivity contribution < 1.29 is 19.0 Å². The van der Waals surface area contributed by atoms with E-state index in [4.69, 9.17) is 14.2 Å². The molecule has 9 heteroatoms. The van der Waals surface area contributed by atoms with Gasteiger partial charge in [0.1, 0.15) is 0 Å². The second kappa shape index (κ2) is 9.07. The molecule has 5 rings (SSSR count). The zero-order valence-electron chi connectivity index (χ0n) is 19.9. The molecule has 0 spiro atoms. The van der Waals surface area contributed by atoms with E-state index in [-0.39, 0.29) is 19.0 Å². The number of thiazole rings is 1. The van der Waals surface area contributed by atoms with Gasteiger partial charge in [-0.3, -0.25) is 9.36 Å². The molecule has 0 bridgehead atoms. The van der Waals surface area contributed by atoms with Gasteiger partial charge >= 0.3 is 5.97 Å². The van der Waals surface area contributed by atoms with Gasteiger partial charge in [0.05, 0.1) is 28.5 Å². The van der Waals surface area contributed by atoms with Gasteiger partial charge in [-0.1, -0.05) is 29.5 Å². The maximum absolute atomic E-state index is 13.7. The van der Waals surface area contributed by atoms with E-state index in [0.717, 1.165) is 16.8 Å². The molecule has 0 N–H and O–H groups in total. The van der Waals surface area contributed by atoms with Gasteiger partial charge in [-0.25, -0.2) is 9.79 Å². The van der Waals surface area contributed by atoms with Crippen LogP contribution in [0.3, 0.4) is 0 Å². The van der Waals surface area contributed by atoms with Crippen molar-refractivity contribution in [2.45, 2.75) is 19.9 Å². The second-order valence-corrected chi connectivity index (χ2v) is 9.41. The minimum absolute atomic E-state index is 0.133. The molecule has 0 aliphatic carbocycles. The van der Waals surface area contributed by atoms with E-state index >= 15 is 0 Å². The Hall–Kier alpha value is -3.85. The maximum atomic E-state index is 13.7. The van der Waals surface area contributed by atoms with Crippen LogP contribution in [-0.4, -0.2) is 38.0 Å². The van der Waals surface area contributed by atoms with Crippen LogP contribution < -0.4 is 29.3 Å². The number of anilines is 1. The van der Waals surface area contributed by atoms with Crippen molar-refractivity contribution in [1.82, 2.24) is 4.57 Å². The molecule has 2 aliphatic heterocycles. The minimum atomic E-state index is -0.696. The zero-order valence-corrected chi connectivity index (χ0v) is 20.7. The molecule has 0 saturated carbocycles. The fourth-order valence-corrected chi connectivity index (χ4v) is 5.26. The summed E-state index contributed by atoms with van der Waals surface area (Å²) >= 11 is 1.30. The topological polar surface area (TPSA) is 82.4 Å². The molecule has 0 radical (unpaired) electrons. The summed E-state index contributed by atoms with van der Waals surface area (Å²) in [6.45, 7) is 3.87. The number of carbonyl (C=O) groups excluding carboxylic acids is 1. The Labute approximate surface area is 206 Å². The minimum Gasteiger partial charge on any atom is -0.463 e. The first-order chi connectivity index (χ1) is 16.9. The summed E-state index contributed by atoms with van der Waals surface area (Å²) in [5.41, 5.74) is 3.33. The molecule has 2 aromatic carbocycles. The summed E-state index contributed by atoms with van der Waals surface area (Å²) in [6, 6.07) is 12.7. The largest absolute Gasteiger partial charge is 0.463 e. The van der Waals surface area contributed by atoms with Crippen LogP contribution in [0.4, 0.5) is 5.69 Å². The third kappa shape index (κ3) is 4.12. The van der Waals surface area contributed by atoms with Gasteiger partial charge in [0.15, 0.2) is 16.3 Å². The highest BCUT2D eigenvalue weighted by molar-refractivity contribution is 7.07. The molecule has 2 aliphatic rings. The number of hydrogen-bond donors (Lipinski definition) is 0. The Bertz CT molecular complexity index is 1520. The fourth-order valence-electron chi connectivity index (χ4n) is 4.21. The van der Waals surface area contributed by atoms with Gasteiger partial charge in [-0.05, 0) is 55.3 Å². The lowest BCUT2D eigenvalue weighted by atomic mass is 9.95. The van der Waals surface area contributed by atoms with E-state index in [1.165, 1.54) is 11.3 Å². The summed E-state index contributed by atoms with van der Waals surface area (Å²) < 4.78 is 18.5. The van der Waals surface area contributed by atoms with Crippen molar-refractivity contribution in [3.63, 3.8) is 0 Å². The van der Waals surface area contributed by atoms with Gasteiger partial charge in [-0.15, -0.1) is 0 Å². The third-order valence-electron chi connectivity index (χ3n) is 5.94. The molecule has 8 nitrogen and oxygen atoms in total. The molecule has 1 aromatic heterocycles. The second-order valence-electron chi connectivity index (χ2n) is 8.40. The molecule has 3 aromatic rings. The predicted molar refractivity (Wildman–Crippen MR) is 134 cm³/mol. The number of carbonyl (C=O) groups is 1. The average Bonchev–Trinajstić information content (AvgIpc) is 3.42. The van der Waals surface area contributed by atoms with E-state index in [1.807, 2.05) is 61.5 Å². The third-order valence-corrected chi connectivity index (χ3v) is 6.92. The Balaban J connectivity index is 1.68. The Kier molecular flexibility index (Phi) is 5.94. The summed E-state index contributed by atoms with van der Waals surface area (Å²) in [7, 11) is 3.96. The number of benzene rings is 2. The van der Waals surface area contributed by atoms with Crippen LogP contribution in [0.15, 0.2) is 63.5 Å².